The van der Waals surface area contributed by atoms with E-state index in [-0.39, 0.29) is 0 Å². The van der Waals surface area contributed by atoms with Crippen LogP contribution in [-0.4, -0.2) is 22.7 Å². The molecule has 4 heteroatoms. The molecule has 1 N–H and O–H groups in total. The van der Waals surface area contributed by atoms with Crippen molar-refractivity contribution in [2.24, 2.45) is 0 Å². The van der Waals surface area contributed by atoms with Gasteiger partial charge in [-0.15, -0.1) is 0 Å². The van der Waals surface area contributed by atoms with Gasteiger partial charge in [-0.2, -0.15) is 4.98 Å². The molecule has 2 aliphatic carbocycles. The van der Waals surface area contributed by atoms with Crippen molar-refractivity contribution in [3.63, 3.8) is 0 Å². The van der Waals surface area contributed by atoms with E-state index in [1.165, 1.54) is 44.9 Å². The summed E-state index contributed by atoms with van der Waals surface area (Å²) in [5.41, 5.74) is 0. The van der Waals surface area contributed by atoms with Crippen molar-refractivity contribution < 1.29 is 4.52 Å². The standard InChI is InChI=1S/C14H23N3O/c1-2-15-12-7-5-3-4-6-11(12)14-16-13(17-18-14)10-8-9-10/h10-12,15H,2-9H2,1H3. The zero-order valence-electron chi connectivity index (χ0n) is 11.2. The van der Waals surface area contributed by atoms with Crippen molar-refractivity contribution in [1.29, 1.82) is 0 Å². The van der Waals surface area contributed by atoms with Gasteiger partial charge in [-0.3, -0.25) is 0 Å². The number of hydrogen-bond donors (Lipinski definition) is 1. The lowest BCUT2D eigenvalue weighted by Gasteiger charge is -2.22. The van der Waals surface area contributed by atoms with E-state index in [4.69, 9.17) is 4.52 Å². The van der Waals surface area contributed by atoms with Crippen molar-refractivity contribution in [1.82, 2.24) is 15.5 Å². The van der Waals surface area contributed by atoms with Gasteiger partial charge in [0.2, 0.25) is 5.89 Å². The van der Waals surface area contributed by atoms with Crippen LogP contribution in [0, 0.1) is 0 Å². The van der Waals surface area contributed by atoms with Crippen molar-refractivity contribution in [3.8, 4) is 0 Å². The summed E-state index contributed by atoms with van der Waals surface area (Å²) < 4.78 is 5.54. The Balaban J connectivity index is 1.76. The van der Waals surface area contributed by atoms with Gasteiger partial charge in [0.1, 0.15) is 0 Å². The number of aromatic nitrogens is 2. The summed E-state index contributed by atoms with van der Waals surface area (Å²) in [5.74, 6) is 2.84. The van der Waals surface area contributed by atoms with E-state index in [0.29, 0.717) is 17.9 Å². The van der Waals surface area contributed by atoms with Crippen LogP contribution in [0.5, 0.6) is 0 Å². The first-order valence-electron chi connectivity index (χ1n) is 7.45. The molecule has 2 saturated carbocycles. The lowest BCUT2D eigenvalue weighted by Crippen LogP contribution is -2.34. The predicted molar refractivity (Wildman–Crippen MR) is 69.6 cm³/mol. The summed E-state index contributed by atoms with van der Waals surface area (Å²) in [6.45, 7) is 3.19. The minimum Gasteiger partial charge on any atom is -0.339 e. The highest BCUT2D eigenvalue weighted by Gasteiger charge is 2.33. The van der Waals surface area contributed by atoms with E-state index < -0.39 is 0 Å². The second-order valence-electron chi connectivity index (χ2n) is 5.67. The topological polar surface area (TPSA) is 51.0 Å². The molecule has 1 aromatic heterocycles. The van der Waals surface area contributed by atoms with E-state index in [1.54, 1.807) is 0 Å². The Morgan fingerprint density at radius 2 is 2.00 bits per heavy atom. The Morgan fingerprint density at radius 1 is 1.17 bits per heavy atom. The molecular formula is C14H23N3O. The van der Waals surface area contributed by atoms with E-state index in [9.17, 15) is 0 Å². The molecule has 4 nitrogen and oxygen atoms in total. The summed E-state index contributed by atoms with van der Waals surface area (Å²) in [6.07, 6.45) is 8.83. The number of nitrogens with zero attached hydrogens (tertiary/aromatic N) is 2. The van der Waals surface area contributed by atoms with Gasteiger partial charge in [-0.1, -0.05) is 31.3 Å². The number of hydrogen-bond acceptors (Lipinski definition) is 4. The quantitative estimate of drug-likeness (QED) is 0.833. The second-order valence-corrected chi connectivity index (χ2v) is 5.67. The fourth-order valence-electron chi connectivity index (χ4n) is 3.01. The summed E-state index contributed by atoms with van der Waals surface area (Å²) in [4.78, 5) is 4.65. The first-order chi connectivity index (χ1) is 8.88. The van der Waals surface area contributed by atoms with Crippen LogP contribution in [0.15, 0.2) is 4.52 Å². The minimum atomic E-state index is 0.424. The molecule has 0 saturated heterocycles. The Kier molecular flexibility index (Phi) is 3.64. The third-order valence-corrected chi connectivity index (χ3v) is 4.20. The molecule has 0 aliphatic heterocycles. The van der Waals surface area contributed by atoms with Crippen LogP contribution >= 0.6 is 0 Å². The molecule has 18 heavy (non-hydrogen) atoms. The molecule has 2 unspecified atom stereocenters. The van der Waals surface area contributed by atoms with Gasteiger partial charge in [0.25, 0.3) is 0 Å². The average Bonchev–Trinajstić information content (AvgIpc) is 3.16. The van der Waals surface area contributed by atoms with Crippen LogP contribution in [0.2, 0.25) is 0 Å². The highest BCUT2D eigenvalue weighted by molar-refractivity contribution is 5.07. The molecule has 0 amide bonds. The van der Waals surface area contributed by atoms with Crippen LogP contribution in [0.4, 0.5) is 0 Å². The maximum absolute atomic E-state index is 5.54. The fraction of sp³-hybridized carbons (Fsp3) is 0.857. The second kappa shape index (κ2) is 5.39. The zero-order chi connectivity index (χ0) is 12.4. The maximum atomic E-state index is 5.54. The molecule has 0 aromatic carbocycles. The largest absolute Gasteiger partial charge is 0.339 e. The molecule has 2 atom stereocenters. The first-order valence-corrected chi connectivity index (χ1v) is 7.45. The van der Waals surface area contributed by atoms with Gasteiger partial charge in [0.15, 0.2) is 5.82 Å². The molecule has 0 radical (unpaired) electrons. The van der Waals surface area contributed by atoms with E-state index in [2.05, 4.69) is 22.4 Å². The molecular weight excluding hydrogens is 226 g/mol. The van der Waals surface area contributed by atoms with Crippen molar-refractivity contribution in [2.75, 3.05) is 6.54 Å². The van der Waals surface area contributed by atoms with Crippen LogP contribution in [0.3, 0.4) is 0 Å². The molecule has 2 fully saturated rings. The molecule has 3 rings (SSSR count). The van der Waals surface area contributed by atoms with E-state index in [0.717, 1.165) is 18.3 Å². The Bertz CT molecular complexity index is 386. The molecule has 2 aliphatic rings. The van der Waals surface area contributed by atoms with Gasteiger partial charge < -0.3 is 9.84 Å². The highest BCUT2D eigenvalue weighted by Crippen LogP contribution is 2.39. The lowest BCUT2D eigenvalue weighted by atomic mass is 9.94. The molecule has 0 bridgehead atoms. The Labute approximate surface area is 109 Å². The maximum Gasteiger partial charge on any atom is 0.231 e. The summed E-state index contributed by atoms with van der Waals surface area (Å²) in [6, 6.07) is 0.519. The van der Waals surface area contributed by atoms with Crippen LogP contribution in [-0.2, 0) is 0 Å². The summed E-state index contributed by atoms with van der Waals surface area (Å²) in [7, 11) is 0. The van der Waals surface area contributed by atoms with E-state index in [1.807, 2.05) is 0 Å². The molecule has 1 aromatic rings. The predicted octanol–water partition coefficient (Wildman–Crippen LogP) is 2.97. The molecule has 100 valence electrons. The lowest BCUT2D eigenvalue weighted by molar-refractivity contribution is 0.304. The number of rotatable bonds is 4. The third kappa shape index (κ3) is 2.58. The fourth-order valence-corrected chi connectivity index (χ4v) is 3.01. The average molecular weight is 249 g/mol. The Morgan fingerprint density at radius 3 is 2.78 bits per heavy atom. The van der Waals surface area contributed by atoms with Gasteiger partial charge in [-0.05, 0) is 32.2 Å². The molecule has 1 heterocycles. The van der Waals surface area contributed by atoms with Crippen LogP contribution in [0.1, 0.15) is 75.4 Å². The molecule has 0 spiro atoms. The van der Waals surface area contributed by atoms with Crippen molar-refractivity contribution >= 4 is 0 Å². The third-order valence-electron chi connectivity index (χ3n) is 4.20. The number of likely N-dealkylation sites (N-methyl/N-ethyl adjacent to an activating group) is 1. The minimum absolute atomic E-state index is 0.424. The van der Waals surface area contributed by atoms with Gasteiger partial charge in [0.05, 0.1) is 5.92 Å². The normalized spacial score (nSPS) is 29.2. The SMILES string of the molecule is CCNC1CCCCCC1c1nc(C2CC2)no1. The Hall–Kier alpha value is -0.900. The van der Waals surface area contributed by atoms with Crippen LogP contribution < -0.4 is 5.32 Å². The van der Waals surface area contributed by atoms with Gasteiger partial charge in [-0.25, -0.2) is 0 Å². The summed E-state index contributed by atoms with van der Waals surface area (Å²) >= 11 is 0. The first kappa shape index (κ1) is 12.2. The van der Waals surface area contributed by atoms with Crippen LogP contribution in [0.25, 0.3) is 0 Å². The zero-order valence-corrected chi connectivity index (χ0v) is 11.2. The summed E-state index contributed by atoms with van der Waals surface area (Å²) in [5, 5.41) is 7.76. The van der Waals surface area contributed by atoms with Crippen molar-refractivity contribution in [2.45, 2.75) is 69.7 Å². The van der Waals surface area contributed by atoms with Gasteiger partial charge >= 0.3 is 0 Å². The smallest absolute Gasteiger partial charge is 0.231 e. The van der Waals surface area contributed by atoms with Gasteiger partial charge in [0, 0.05) is 12.0 Å². The van der Waals surface area contributed by atoms with E-state index >= 15 is 0 Å². The monoisotopic (exact) mass is 249 g/mol. The highest BCUT2D eigenvalue weighted by atomic mass is 16.5. The van der Waals surface area contributed by atoms with Crippen molar-refractivity contribution in [3.05, 3.63) is 11.7 Å². The number of nitrogens with one attached hydrogen (secondary N) is 1.